The van der Waals surface area contributed by atoms with Crippen LogP contribution in [0.15, 0.2) is 54.1 Å². The Morgan fingerprint density at radius 3 is 2.65 bits per heavy atom. The van der Waals surface area contributed by atoms with E-state index in [1.807, 2.05) is 6.07 Å². The average molecular weight is 888 g/mol. The second-order valence-corrected chi connectivity index (χ2v) is 17.8. The predicted octanol–water partition coefficient (Wildman–Crippen LogP) is 3.52. The number of halogens is 1. The number of benzene rings is 1. The smallest absolute Gasteiger partial charge is 0.330 e. The molecule has 9 atom stereocenters. The number of amides is 2. The molecule has 60 heavy (non-hydrogen) atoms. The zero-order valence-corrected chi connectivity index (χ0v) is 34.2. The van der Waals surface area contributed by atoms with Crippen LogP contribution in [-0.2, 0) is 48.7 Å². The number of hydrogen-bond donors (Lipinski definition) is 4. The Labute approximate surface area is 344 Å². The van der Waals surface area contributed by atoms with Gasteiger partial charge in [0.15, 0.2) is 40.5 Å². The minimum absolute atomic E-state index is 0.0662. The molecule has 0 saturated carbocycles. The summed E-state index contributed by atoms with van der Waals surface area (Å²) in [6.45, 7) is -1.59. The van der Waals surface area contributed by atoms with Crippen LogP contribution in [0.4, 0.5) is 16.2 Å². The third kappa shape index (κ3) is 8.70. The molecule has 4 N–H and O–H groups in total. The number of nitrogens with zero attached hydrogens (tertiary/aromatic N) is 8. The van der Waals surface area contributed by atoms with Gasteiger partial charge < -0.3 is 42.3 Å². The molecule has 2 amide bonds. The highest BCUT2D eigenvalue weighted by Gasteiger charge is 2.51. The van der Waals surface area contributed by atoms with E-state index in [9.17, 15) is 24.5 Å². The van der Waals surface area contributed by atoms with Crippen molar-refractivity contribution in [2.75, 3.05) is 30.5 Å². The van der Waals surface area contributed by atoms with Crippen LogP contribution in [0.1, 0.15) is 49.5 Å². The van der Waals surface area contributed by atoms with Crippen molar-refractivity contribution >= 4 is 73.0 Å². The summed E-state index contributed by atoms with van der Waals surface area (Å²) in [6.07, 6.45) is -5.14. The molecule has 3 saturated heterocycles. The molecule has 5 aromatic rings. The molecular weight excluding hydrogens is 851 g/mol. The van der Waals surface area contributed by atoms with Crippen LogP contribution in [0, 0.1) is 17.2 Å². The van der Waals surface area contributed by atoms with Crippen molar-refractivity contribution in [3.63, 3.8) is 0 Å². The van der Waals surface area contributed by atoms with Crippen LogP contribution in [-0.4, -0.2) is 106 Å². The number of carbonyl (C=O) groups is 2. The standard InChI is InChI=1S/C34H36FN11O11P2S/c1-17(2)30(47)43-34-42-29-25(32(49)44-34)40-16-46(29)33-26-23(35)21(55-33)13-53-59(60,52-10-6-9-36)57-19-11-22(54-20(19)12-51-58(50)56-26)45-15-39-24-27(37-14-38-28(24)45)41-31(48)18-7-4-3-5-8-18/h3-5,7-8,14-17,19-23,26,33,50H,6,10-13H2,1-2H3,(H,37,38,41,48)(H2,42,43,44,47,49)/t19-,20+,21+,22+,23+,26+,33+,58?,59?/m0/s1. The molecule has 3 aliphatic heterocycles. The van der Waals surface area contributed by atoms with Crippen LogP contribution >= 0.6 is 15.3 Å². The molecular formula is C34H36FN11O11P2S. The van der Waals surface area contributed by atoms with E-state index in [4.69, 9.17) is 43.9 Å². The molecule has 2 unspecified atom stereocenters. The highest BCUT2D eigenvalue weighted by atomic mass is 32.5. The Morgan fingerprint density at radius 1 is 1.08 bits per heavy atom. The van der Waals surface area contributed by atoms with E-state index in [0.717, 1.165) is 0 Å². The Bertz CT molecular complexity index is 2540. The molecule has 0 aliphatic carbocycles. The quantitative estimate of drug-likeness (QED) is 0.122. The molecule has 22 nitrogen and oxygen atoms in total. The van der Waals surface area contributed by atoms with Crippen LogP contribution in [0.5, 0.6) is 0 Å². The fraction of sp³-hybridized carbons (Fsp3) is 0.441. The van der Waals surface area contributed by atoms with Crippen LogP contribution in [0.3, 0.4) is 0 Å². The van der Waals surface area contributed by atoms with E-state index in [-0.39, 0.29) is 54.5 Å². The number of aromatic nitrogens is 8. The fourth-order valence-electron chi connectivity index (χ4n) is 6.56. The summed E-state index contributed by atoms with van der Waals surface area (Å²) in [5.41, 5.74) is 0.0796. The van der Waals surface area contributed by atoms with Gasteiger partial charge >= 0.3 is 15.3 Å². The van der Waals surface area contributed by atoms with Gasteiger partial charge in [0.1, 0.15) is 30.9 Å². The molecule has 3 fully saturated rings. The van der Waals surface area contributed by atoms with Gasteiger partial charge in [-0.15, -0.1) is 0 Å². The number of H-pyrrole nitrogens is 1. The van der Waals surface area contributed by atoms with Gasteiger partial charge in [-0.25, -0.2) is 24.3 Å². The van der Waals surface area contributed by atoms with Crippen molar-refractivity contribution < 1.29 is 51.0 Å². The average Bonchev–Trinajstić information content (AvgIpc) is 4.02. The van der Waals surface area contributed by atoms with Crippen LogP contribution in [0.2, 0.25) is 0 Å². The summed E-state index contributed by atoms with van der Waals surface area (Å²) in [5.74, 6) is -1.28. The lowest BCUT2D eigenvalue weighted by molar-refractivity contribution is -0.118. The number of anilines is 2. The van der Waals surface area contributed by atoms with Crippen LogP contribution in [0.25, 0.3) is 22.3 Å². The molecule has 2 bridgehead atoms. The minimum atomic E-state index is -3.82. The predicted molar refractivity (Wildman–Crippen MR) is 210 cm³/mol. The van der Waals surface area contributed by atoms with Gasteiger partial charge in [-0.3, -0.25) is 33.8 Å². The first-order valence-corrected chi connectivity index (χ1v) is 22.1. The molecule has 3 aliphatic rings. The minimum Gasteiger partial charge on any atom is -0.349 e. The number of nitriles is 1. The number of rotatable bonds is 9. The number of carbonyl (C=O) groups excluding carboxylic acids is 2. The van der Waals surface area contributed by atoms with Gasteiger partial charge in [-0.2, -0.15) is 10.2 Å². The fourth-order valence-corrected chi connectivity index (χ4v) is 9.45. The third-order valence-corrected chi connectivity index (χ3v) is 12.7. The lowest BCUT2D eigenvalue weighted by atomic mass is 10.1. The molecule has 1 aromatic carbocycles. The van der Waals surface area contributed by atoms with Crippen molar-refractivity contribution in [3.8, 4) is 6.07 Å². The van der Waals surface area contributed by atoms with Crippen molar-refractivity contribution in [1.29, 1.82) is 5.26 Å². The second kappa shape index (κ2) is 17.7. The number of aromatic amines is 1. The number of alkyl halides is 1. The third-order valence-electron chi connectivity index (χ3n) is 9.54. The van der Waals surface area contributed by atoms with E-state index < -0.39 is 88.3 Å². The summed E-state index contributed by atoms with van der Waals surface area (Å²) in [6, 6.07) is 10.5. The maximum absolute atomic E-state index is 16.4. The van der Waals surface area contributed by atoms with E-state index in [2.05, 4.69) is 40.5 Å². The van der Waals surface area contributed by atoms with E-state index in [0.29, 0.717) is 11.2 Å². The van der Waals surface area contributed by atoms with E-state index >= 15 is 4.39 Å². The van der Waals surface area contributed by atoms with Crippen molar-refractivity contribution in [2.45, 2.75) is 69.7 Å². The number of imidazole rings is 2. The number of fused-ring (bicyclic) bond motifs is 5. The lowest BCUT2D eigenvalue weighted by Crippen LogP contribution is -2.32. The summed E-state index contributed by atoms with van der Waals surface area (Å²) in [7, 11) is -2.83. The zero-order chi connectivity index (χ0) is 42.1. The Hall–Kier alpha value is -4.76. The molecule has 316 valence electrons. The first kappa shape index (κ1) is 42.0. The molecule has 0 spiro atoms. The number of ether oxygens (including phenoxy) is 2. The summed E-state index contributed by atoms with van der Waals surface area (Å²) >= 11 is 5.80. The monoisotopic (exact) mass is 887 g/mol. The van der Waals surface area contributed by atoms with Crippen LogP contribution < -0.4 is 16.2 Å². The molecule has 8 rings (SSSR count). The SMILES string of the molecule is CC(C)C(=O)Nc1nc2c(ncn2[C@@H]2O[C@@H]3COP(=S)(OCCC#N)O[C@H]4C[C@H](n5cnc6c(NC(=O)c7ccccc7)ncnc65)O[C@@H]4COP(O)O[C@@H]2[C@@H]3F)c(=O)[nH]1. The van der Waals surface area contributed by atoms with Crippen molar-refractivity contribution in [1.82, 2.24) is 39.0 Å². The number of nitrogens with one attached hydrogen (secondary N) is 3. The van der Waals surface area contributed by atoms with Gasteiger partial charge in [-0.1, -0.05) is 32.0 Å². The summed E-state index contributed by atoms with van der Waals surface area (Å²) in [4.78, 5) is 73.3. The van der Waals surface area contributed by atoms with E-state index in [1.54, 1.807) is 48.7 Å². The first-order valence-electron chi connectivity index (χ1n) is 18.4. The highest BCUT2D eigenvalue weighted by molar-refractivity contribution is 8.07. The van der Waals surface area contributed by atoms with Crippen molar-refractivity contribution in [2.24, 2.45) is 5.92 Å². The molecule has 0 radical (unpaired) electrons. The Morgan fingerprint density at radius 2 is 1.87 bits per heavy atom. The maximum Gasteiger partial charge on any atom is 0.330 e. The van der Waals surface area contributed by atoms with Gasteiger partial charge in [0, 0.05) is 17.9 Å². The Balaban J connectivity index is 1.06. The second-order valence-electron chi connectivity index (χ2n) is 13.9. The normalized spacial score (nSPS) is 28.4. The van der Waals surface area contributed by atoms with Gasteiger partial charge in [0.05, 0.1) is 51.1 Å². The largest absolute Gasteiger partial charge is 0.349 e. The Kier molecular flexibility index (Phi) is 12.4. The van der Waals surface area contributed by atoms with Gasteiger partial charge in [-0.05, 0) is 23.9 Å². The van der Waals surface area contributed by atoms with Gasteiger partial charge in [0.25, 0.3) is 11.5 Å². The topological polar surface area (TPSA) is 274 Å². The molecule has 4 aromatic heterocycles. The zero-order valence-electron chi connectivity index (χ0n) is 31.6. The van der Waals surface area contributed by atoms with E-state index in [1.165, 1.54) is 23.5 Å². The molecule has 7 heterocycles. The van der Waals surface area contributed by atoms with Crippen molar-refractivity contribution in [3.05, 3.63) is 65.2 Å². The molecule has 26 heteroatoms. The number of hydrogen-bond acceptors (Lipinski definition) is 18. The lowest BCUT2D eigenvalue weighted by Gasteiger charge is -2.28. The summed E-state index contributed by atoms with van der Waals surface area (Å²) in [5, 5.41) is 14.5. The maximum atomic E-state index is 16.4. The van der Waals surface area contributed by atoms with Gasteiger partial charge in [0.2, 0.25) is 11.9 Å². The first-order chi connectivity index (χ1) is 28.9. The summed E-state index contributed by atoms with van der Waals surface area (Å²) < 4.78 is 61.5. The highest BCUT2D eigenvalue weighted by Crippen LogP contribution is 2.55.